The Bertz CT molecular complexity index is 762. The molecular weight excluding hydrogens is 312 g/mol. The first-order valence-electron chi connectivity index (χ1n) is 6.50. The third kappa shape index (κ3) is 3.35. The molecule has 0 spiro atoms. The Balaban J connectivity index is 2.44. The Morgan fingerprint density at radius 1 is 1.33 bits per heavy atom. The van der Waals surface area contributed by atoms with Crippen molar-refractivity contribution in [3.63, 3.8) is 0 Å². The minimum Gasteiger partial charge on any atom is -0.396 e. The van der Waals surface area contributed by atoms with Gasteiger partial charge < -0.3 is 5.11 Å². The van der Waals surface area contributed by atoms with E-state index in [1.165, 1.54) is 17.4 Å². The molecule has 0 bridgehead atoms. The number of hydrogen-bond donors (Lipinski definition) is 1. The summed E-state index contributed by atoms with van der Waals surface area (Å²) < 4.78 is 26.1. The summed E-state index contributed by atoms with van der Waals surface area (Å²) in [5, 5.41) is 9.95. The van der Waals surface area contributed by atoms with Crippen molar-refractivity contribution in [1.82, 2.24) is 9.29 Å². The second kappa shape index (κ2) is 6.27. The number of halogens is 1. The van der Waals surface area contributed by atoms with Gasteiger partial charge in [0.15, 0.2) is 0 Å². The van der Waals surface area contributed by atoms with Crippen molar-refractivity contribution >= 4 is 32.5 Å². The minimum atomic E-state index is -3.56. The molecule has 0 atom stereocenters. The molecule has 0 aliphatic heterocycles. The predicted octanol–water partition coefficient (Wildman–Crippen LogP) is 2.20. The quantitative estimate of drug-likeness (QED) is 0.854. The Hall–Kier alpha value is -1.21. The molecule has 21 heavy (non-hydrogen) atoms. The molecule has 2 rings (SSSR count). The maximum atomic E-state index is 12.4. The number of nitrogens with zero attached hydrogens (tertiary/aromatic N) is 2. The molecule has 0 aliphatic carbocycles. The van der Waals surface area contributed by atoms with Gasteiger partial charge in [0.25, 0.3) is 0 Å². The van der Waals surface area contributed by atoms with Crippen LogP contribution in [0, 0.1) is 6.92 Å². The average molecular weight is 329 g/mol. The van der Waals surface area contributed by atoms with Gasteiger partial charge >= 0.3 is 0 Å². The fourth-order valence-corrected chi connectivity index (χ4v) is 3.38. The summed E-state index contributed by atoms with van der Waals surface area (Å²) in [6.45, 7) is 2.05. The van der Waals surface area contributed by atoms with Crippen molar-refractivity contribution in [3.8, 4) is 0 Å². The normalized spacial score (nSPS) is 12.2. The zero-order valence-corrected chi connectivity index (χ0v) is 13.4. The molecule has 1 aromatic carbocycles. The number of rotatable bonds is 5. The van der Waals surface area contributed by atoms with E-state index in [1.807, 2.05) is 13.0 Å². The fourth-order valence-electron chi connectivity index (χ4n) is 1.99. The Kier molecular flexibility index (Phi) is 4.83. The van der Waals surface area contributed by atoms with E-state index in [0.29, 0.717) is 17.1 Å². The van der Waals surface area contributed by atoms with Crippen LogP contribution < -0.4 is 0 Å². The molecule has 114 valence electrons. The lowest BCUT2D eigenvalue weighted by atomic mass is 10.2. The zero-order chi connectivity index (χ0) is 15.6. The third-order valence-corrected chi connectivity index (χ3v) is 5.49. The van der Waals surface area contributed by atoms with Crippen LogP contribution in [0.5, 0.6) is 0 Å². The van der Waals surface area contributed by atoms with Crippen LogP contribution in [0.25, 0.3) is 10.9 Å². The molecular formula is C14H17ClN2O3S. The van der Waals surface area contributed by atoms with Crippen LogP contribution in [-0.4, -0.2) is 43.0 Å². The second-order valence-electron chi connectivity index (χ2n) is 4.85. The van der Waals surface area contributed by atoms with Gasteiger partial charge in [-0.3, -0.25) is 0 Å². The highest BCUT2D eigenvalue weighted by Gasteiger charge is 2.20. The SMILES string of the molecule is Cc1cc2cc(S(=O)(=O)N(C)CCCO)ccc2nc1Cl. The highest BCUT2D eigenvalue weighted by atomic mass is 35.5. The van der Waals surface area contributed by atoms with Crippen LogP contribution in [0.3, 0.4) is 0 Å². The van der Waals surface area contributed by atoms with Crippen LogP contribution in [-0.2, 0) is 10.0 Å². The highest BCUT2D eigenvalue weighted by Crippen LogP contribution is 2.24. The maximum absolute atomic E-state index is 12.4. The van der Waals surface area contributed by atoms with Gasteiger partial charge in [0.2, 0.25) is 10.0 Å². The zero-order valence-electron chi connectivity index (χ0n) is 11.9. The van der Waals surface area contributed by atoms with Crippen molar-refractivity contribution in [2.45, 2.75) is 18.2 Å². The van der Waals surface area contributed by atoms with E-state index < -0.39 is 10.0 Å². The van der Waals surface area contributed by atoms with E-state index in [1.54, 1.807) is 12.1 Å². The Labute approximate surface area is 129 Å². The molecule has 5 nitrogen and oxygen atoms in total. The molecule has 2 aromatic rings. The standard InChI is InChI=1S/C14H17ClN2O3S/c1-10-8-11-9-12(4-5-13(11)16-14(10)15)21(19,20)17(2)6-3-7-18/h4-5,8-9,18H,3,6-7H2,1-2H3. The van der Waals surface area contributed by atoms with Gasteiger partial charge in [-0.1, -0.05) is 11.6 Å². The second-order valence-corrected chi connectivity index (χ2v) is 7.26. The van der Waals surface area contributed by atoms with Crippen molar-refractivity contribution in [2.75, 3.05) is 20.2 Å². The molecule has 1 heterocycles. The molecule has 0 amide bonds. The Morgan fingerprint density at radius 2 is 2.05 bits per heavy atom. The number of aliphatic hydroxyl groups is 1. The number of pyridine rings is 1. The molecule has 0 fully saturated rings. The molecule has 0 saturated heterocycles. The molecule has 0 radical (unpaired) electrons. The maximum Gasteiger partial charge on any atom is 0.242 e. The van der Waals surface area contributed by atoms with Crippen molar-refractivity contribution in [1.29, 1.82) is 0 Å². The van der Waals surface area contributed by atoms with Crippen LogP contribution in [0.15, 0.2) is 29.2 Å². The molecule has 0 saturated carbocycles. The summed E-state index contributed by atoms with van der Waals surface area (Å²) in [5.74, 6) is 0. The van der Waals surface area contributed by atoms with Crippen LogP contribution in [0.1, 0.15) is 12.0 Å². The minimum absolute atomic E-state index is 0.0425. The topological polar surface area (TPSA) is 70.5 Å². The summed E-state index contributed by atoms with van der Waals surface area (Å²) in [6, 6.07) is 6.58. The van der Waals surface area contributed by atoms with E-state index in [2.05, 4.69) is 4.98 Å². The Morgan fingerprint density at radius 3 is 2.71 bits per heavy atom. The first-order valence-corrected chi connectivity index (χ1v) is 8.32. The lowest BCUT2D eigenvalue weighted by Crippen LogP contribution is -2.28. The summed E-state index contributed by atoms with van der Waals surface area (Å²) in [4.78, 5) is 4.42. The van der Waals surface area contributed by atoms with Crippen LogP contribution >= 0.6 is 11.6 Å². The number of aryl methyl sites for hydroxylation is 1. The molecule has 0 aliphatic rings. The van der Waals surface area contributed by atoms with Gasteiger partial charge in [-0.15, -0.1) is 0 Å². The average Bonchev–Trinajstić information content (AvgIpc) is 2.45. The number of aliphatic hydroxyl groups excluding tert-OH is 1. The van der Waals surface area contributed by atoms with Crippen LogP contribution in [0.4, 0.5) is 0 Å². The van der Waals surface area contributed by atoms with Gasteiger partial charge in [-0.05, 0) is 43.2 Å². The number of hydrogen-bond acceptors (Lipinski definition) is 4. The van der Waals surface area contributed by atoms with E-state index in [0.717, 1.165) is 10.9 Å². The first kappa shape index (κ1) is 16.2. The van der Waals surface area contributed by atoms with E-state index >= 15 is 0 Å². The van der Waals surface area contributed by atoms with Crippen molar-refractivity contribution in [2.24, 2.45) is 0 Å². The number of fused-ring (bicyclic) bond motifs is 1. The van der Waals surface area contributed by atoms with Gasteiger partial charge in [-0.2, -0.15) is 0 Å². The highest BCUT2D eigenvalue weighted by molar-refractivity contribution is 7.89. The van der Waals surface area contributed by atoms with Gasteiger partial charge in [0.1, 0.15) is 5.15 Å². The summed E-state index contributed by atoms with van der Waals surface area (Å²) in [6.07, 6.45) is 0.402. The molecule has 1 N–H and O–H groups in total. The molecule has 1 aromatic heterocycles. The number of benzene rings is 1. The van der Waals surface area contributed by atoms with E-state index in [4.69, 9.17) is 16.7 Å². The van der Waals surface area contributed by atoms with Gasteiger partial charge in [0.05, 0.1) is 10.4 Å². The summed E-state index contributed by atoms with van der Waals surface area (Å²) in [7, 11) is -2.06. The van der Waals surface area contributed by atoms with Gasteiger partial charge in [0, 0.05) is 25.6 Å². The molecule has 7 heteroatoms. The van der Waals surface area contributed by atoms with Crippen molar-refractivity contribution < 1.29 is 13.5 Å². The lowest BCUT2D eigenvalue weighted by molar-refractivity contribution is 0.275. The lowest BCUT2D eigenvalue weighted by Gasteiger charge is -2.17. The monoisotopic (exact) mass is 328 g/mol. The van der Waals surface area contributed by atoms with E-state index in [-0.39, 0.29) is 18.0 Å². The molecule has 0 unspecified atom stereocenters. The predicted molar refractivity (Wildman–Crippen MR) is 83.0 cm³/mol. The van der Waals surface area contributed by atoms with Gasteiger partial charge in [-0.25, -0.2) is 17.7 Å². The smallest absolute Gasteiger partial charge is 0.242 e. The van der Waals surface area contributed by atoms with Crippen molar-refractivity contribution in [3.05, 3.63) is 35.0 Å². The number of sulfonamides is 1. The van der Waals surface area contributed by atoms with E-state index in [9.17, 15) is 8.42 Å². The summed E-state index contributed by atoms with van der Waals surface area (Å²) >= 11 is 5.96. The third-order valence-electron chi connectivity index (χ3n) is 3.25. The summed E-state index contributed by atoms with van der Waals surface area (Å²) in [5.41, 5.74) is 1.45. The van der Waals surface area contributed by atoms with Crippen LogP contribution in [0.2, 0.25) is 5.15 Å². The first-order chi connectivity index (χ1) is 9.86. The number of aromatic nitrogens is 1. The fraction of sp³-hybridized carbons (Fsp3) is 0.357. The largest absolute Gasteiger partial charge is 0.396 e.